The van der Waals surface area contributed by atoms with Gasteiger partial charge < -0.3 is 40.0 Å². The third kappa shape index (κ3) is 8.62. The van der Waals surface area contributed by atoms with E-state index in [-0.39, 0.29) is 30.3 Å². The highest BCUT2D eigenvalue weighted by molar-refractivity contribution is 6.05. The van der Waals surface area contributed by atoms with Crippen molar-refractivity contribution < 1.29 is 19.1 Å². The highest BCUT2D eigenvalue weighted by atomic mass is 16.5. The molecule has 0 atom stereocenters. The highest BCUT2D eigenvalue weighted by Gasteiger charge is 2.24. The fraction of sp³-hybridized carbons (Fsp3) is 0.400. The summed E-state index contributed by atoms with van der Waals surface area (Å²) in [5, 5.41) is 14.8. The van der Waals surface area contributed by atoms with E-state index in [0.29, 0.717) is 59.3 Å². The maximum atomic E-state index is 14.1. The van der Waals surface area contributed by atoms with Crippen LogP contribution in [0, 0.1) is 13.8 Å². The predicted molar refractivity (Wildman–Crippen MR) is 220 cm³/mol. The number of pyridine rings is 1. The van der Waals surface area contributed by atoms with E-state index in [9.17, 15) is 14.4 Å². The largest absolute Gasteiger partial charge is 0.491 e. The molecule has 0 spiro atoms. The fourth-order valence-electron chi connectivity index (χ4n) is 7.16. The van der Waals surface area contributed by atoms with Crippen LogP contribution < -0.4 is 21.1 Å². The Morgan fingerprint density at radius 3 is 2.05 bits per heavy atom. The molecule has 18 heteroatoms. The minimum absolute atomic E-state index is 0.0997. The van der Waals surface area contributed by atoms with Gasteiger partial charge in [-0.25, -0.2) is 24.3 Å². The molecule has 0 radical (unpaired) electrons. The van der Waals surface area contributed by atoms with Crippen molar-refractivity contribution in [2.24, 2.45) is 5.73 Å². The maximum absolute atomic E-state index is 14.1. The van der Waals surface area contributed by atoms with E-state index in [1.165, 1.54) is 0 Å². The first kappa shape index (κ1) is 39.8. The summed E-state index contributed by atoms with van der Waals surface area (Å²) in [5.41, 5.74) is 9.56. The molecule has 1 aliphatic rings. The Morgan fingerprint density at radius 2 is 1.43 bits per heavy atom. The van der Waals surface area contributed by atoms with E-state index in [2.05, 4.69) is 47.6 Å². The minimum atomic E-state index is -0.637. The van der Waals surface area contributed by atoms with Crippen molar-refractivity contribution in [3.63, 3.8) is 0 Å². The number of nitrogens with zero attached hydrogens (tertiary/aromatic N) is 11. The van der Waals surface area contributed by atoms with Crippen molar-refractivity contribution in [3.05, 3.63) is 83.3 Å². The molecule has 1 aromatic carbocycles. The number of carbonyl (C=O) groups excluding carboxylic acids is 3. The summed E-state index contributed by atoms with van der Waals surface area (Å²) < 4.78 is 13.3. The number of benzene rings is 1. The van der Waals surface area contributed by atoms with Crippen LogP contribution in [-0.2, 0) is 26.2 Å². The molecular formula is C40H50N14O4. The lowest BCUT2D eigenvalue weighted by atomic mass is 10.1. The zero-order valence-corrected chi connectivity index (χ0v) is 33.6. The van der Waals surface area contributed by atoms with Gasteiger partial charge in [0.15, 0.2) is 5.65 Å². The first-order valence-corrected chi connectivity index (χ1v) is 19.6. The first-order chi connectivity index (χ1) is 28.0. The molecule has 58 heavy (non-hydrogen) atoms. The second-order valence-electron chi connectivity index (χ2n) is 14.3. The maximum Gasteiger partial charge on any atom is 0.292 e. The van der Waals surface area contributed by atoms with Crippen molar-refractivity contribution >= 4 is 51.6 Å². The second kappa shape index (κ2) is 17.4. The van der Waals surface area contributed by atoms with Gasteiger partial charge in [-0.1, -0.05) is 12.2 Å². The van der Waals surface area contributed by atoms with Gasteiger partial charge in [0, 0.05) is 82.8 Å². The van der Waals surface area contributed by atoms with E-state index in [1.54, 1.807) is 55.0 Å². The number of aryl methyl sites for hydroxylation is 4. The van der Waals surface area contributed by atoms with E-state index < -0.39 is 17.7 Å². The number of fused-ring (bicyclic) bond motifs is 2. The molecule has 4 N–H and O–H groups in total. The van der Waals surface area contributed by atoms with Gasteiger partial charge in [-0.2, -0.15) is 10.2 Å². The molecule has 18 nitrogen and oxygen atoms in total. The fourth-order valence-corrected chi connectivity index (χ4v) is 7.16. The third-order valence-corrected chi connectivity index (χ3v) is 10.1. The highest BCUT2D eigenvalue weighted by Crippen LogP contribution is 2.30. The Morgan fingerprint density at radius 1 is 0.828 bits per heavy atom. The van der Waals surface area contributed by atoms with Gasteiger partial charge in [-0.15, -0.1) is 0 Å². The lowest BCUT2D eigenvalue weighted by Gasteiger charge is -2.32. The number of ether oxygens (including phenoxy) is 1. The number of carbonyl (C=O) groups is 3. The number of nitrogens with one attached hydrogen (secondary N) is 2. The Kier molecular flexibility index (Phi) is 11.9. The topological polar surface area (TPSA) is 201 Å². The second-order valence-corrected chi connectivity index (χ2v) is 14.3. The Labute approximate surface area is 335 Å². The number of amides is 3. The van der Waals surface area contributed by atoms with Crippen LogP contribution in [0.3, 0.4) is 0 Å². The van der Waals surface area contributed by atoms with Gasteiger partial charge in [0.2, 0.25) is 17.6 Å². The molecule has 7 rings (SSSR count). The van der Waals surface area contributed by atoms with Gasteiger partial charge >= 0.3 is 0 Å². The van der Waals surface area contributed by atoms with Crippen molar-refractivity contribution in [3.8, 4) is 5.75 Å². The molecule has 1 fully saturated rings. The number of primary amides is 1. The Bertz CT molecular complexity index is 2480. The molecule has 3 amide bonds. The van der Waals surface area contributed by atoms with Crippen LogP contribution in [0.15, 0.2) is 54.7 Å². The lowest BCUT2D eigenvalue weighted by Crippen LogP contribution is -2.44. The van der Waals surface area contributed by atoms with E-state index in [1.807, 2.05) is 45.9 Å². The molecular weight excluding hydrogens is 741 g/mol. The molecule has 1 aliphatic heterocycles. The van der Waals surface area contributed by atoms with Gasteiger partial charge in [-0.05, 0) is 65.4 Å². The zero-order chi connectivity index (χ0) is 40.9. The van der Waals surface area contributed by atoms with Crippen LogP contribution >= 0.6 is 0 Å². The molecule has 304 valence electrons. The minimum Gasteiger partial charge on any atom is -0.491 e. The number of anilines is 2. The van der Waals surface area contributed by atoms with Gasteiger partial charge in [-0.3, -0.25) is 14.4 Å². The van der Waals surface area contributed by atoms with Gasteiger partial charge in [0.05, 0.1) is 23.5 Å². The number of allylic oxidation sites excluding steroid dienone is 2. The smallest absolute Gasteiger partial charge is 0.292 e. The molecule has 0 saturated carbocycles. The van der Waals surface area contributed by atoms with Crippen LogP contribution in [0.25, 0.3) is 22.2 Å². The Hall–Kier alpha value is -6.40. The summed E-state index contributed by atoms with van der Waals surface area (Å²) in [5.74, 6) is 0.267. The van der Waals surface area contributed by atoms with Crippen molar-refractivity contribution in [2.75, 3.05) is 57.0 Å². The summed E-state index contributed by atoms with van der Waals surface area (Å²) in [7, 11) is 2.13. The molecule has 5 aromatic heterocycles. The van der Waals surface area contributed by atoms with E-state index in [4.69, 9.17) is 15.5 Å². The van der Waals surface area contributed by atoms with E-state index in [0.717, 1.165) is 50.5 Å². The molecule has 0 unspecified atom stereocenters. The predicted octanol–water partition coefficient (Wildman–Crippen LogP) is 3.71. The average molecular weight is 791 g/mol. The summed E-state index contributed by atoms with van der Waals surface area (Å²) >= 11 is 0. The normalized spacial score (nSPS) is 13.9. The van der Waals surface area contributed by atoms with Gasteiger partial charge in [0.1, 0.15) is 28.4 Å². The number of hydrogen-bond acceptors (Lipinski definition) is 11. The quantitative estimate of drug-likeness (QED) is 0.0954. The molecule has 0 bridgehead atoms. The number of hydrogen-bond donors (Lipinski definition) is 3. The van der Waals surface area contributed by atoms with E-state index >= 15 is 0 Å². The van der Waals surface area contributed by atoms with Crippen molar-refractivity contribution in [2.45, 2.75) is 60.3 Å². The van der Waals surface area contributed by atoms with Crippen LogP contribution in [-0.4, -0.2) is 118 Å². The van der Waals surface area contributed by atoms with Crippen LogP contribution in [0.4, 0.5) is 11.6 Å². The SMILES string of the molecule is CCn1nc(C)cc1NC(=O)c1nc2cccnc2n1C/C=C/Cn1c(C(=O)Nc2cc(C)nn2CC)nc2cc(C(N)=O)cc(OCCCN3CCN(C)CC3)c21. The average Bonchev–Trinajstić information content (AvgIpc) is 3.97. The molecule has 1 saturated heterocycles. The summed E-state index contributed by atoms with van der Waals surface area (Å²) in [6.07, 6.45) is 6.17. The summed E-state index contributed by atoms with van der Waals surface area (Å²) in [6, 6.07) is 10.4. The number of nitrogens with two attached hydrogens (primary N) is 1. The monoisotopic (exact) mass is 790 g/mol. The molecule has 6 aromatic rings. The van der Waals surface area contributed by atoms with Crippen molar-refractivity contribution in [1.29, 1.82) is 0 Å². The standard InChI is InChI=1S/C40H50N14O4/c1-6-53-32(22-26(3)47-53)45-39(56)37-44-30-24-28(35(41)55)25-31(58-21-11-14-50-19-17-49(5)18-20-50)34(30)51(37)15-8-9-16-52-36-29(12-10-13-42-36)43-38(52)40(57)46-33-23-27(4)48-54(33)7-2/h8-10,12-13,22-25H,6-7,11,14-21H2,1-5H3,(H2,41,55)(H,45,56)(H,46,57)/b9-8+. The van der Waals surface area contributed by atoms with Crippen LogP contribution in [0.5, 0.6) is 5.75 Å². The number of aromatic nitrogens is 9. The number of rotatable bonds is 16. The number of imidazole rings is 2. The van der Waals surface area contributed by atoms with Crippen LogP contribution in [0.2, 0.25) is 0 Å². The summed E-state index contributed by atoms with van der Waals surface area (Å²) in [4.78, 5) is 58.9. The number of piperazine rings is 1. The van der Waals surface area contributed by atoms with Gasteiger partial charge in [0.25, 0.3) is 11.8 Å². The molecule has 6 heterocycles. The Balaban J connectivity index is 1.20. The molecule has 0 aliphatic carbocycles. The number of likely N-dealkylation sites (N-methyl/N-ethyl adjacent to an activating group) is 1. The lowest BCUT2D eigenvalue weighted by molar-refractivity contribution is 0.0994. The summed E-state index contributed by atoms with van der Waals surface area (Å²) in [6.45, 7) is 14.5. The first-order valence-electron chi connectivity index (χ1n) is 19.6. The van der Waals surface area contributed by atoms with Crippen LogP contribution in [0.1, 0.15) is 63.3 Å². The van der Waals surface area contributed by atoms with Crippen molar-refractivity contribution in [1.82, 2.24) is 53.4 Å². The third-order valence-electron chi connectivity index (χ3n) is 10.1. The zero-order valence-electron chi connectivity index (χ0n) is 33.6.